The maximum absolute atomic E-state index is 10.4. The number of aliphatic hydroxyl groups excluding tert-OH is 1. The number of fused-ring (bicyclic) bond motifs is 1. The highest BCUT2D eigenvalue weighted by Crippen LogP contribution is 2.40. The zero-order valence-corrected chi connectivity index (χ0v) is 13.5. The van der Waals surface area contributed by atoms with Crippen LogP contribution in [0.5, 0.6) is 11.5 Å². The smallest absolute Gasteiger partial charge is 0.175 e. The first-order chi connectivity index (χ1) is 10.1. The Bertz CT molecular complexity index is 643. The quantitative estimate of drug-likeness (QED) is 0.883. The Hall–Kier alpha value is -1.23. The minimum Gasteiger partial charge on any atom is -0.486 e. The van der Waals surface area contributed by atoms with Crippen molar-refractivity contribution in [3.8, 4) is 11.5 Å². The molecule has 5 heteroatoms. The van der Waals surface area contributed by atoms with Crippen LogP contribution in [-0.2, 0) is 6.42 Å². The summed E-state index contributed by atoms with van der Waals surface area (Å²) < 4.78 is 11.9. The Labute approximate surface area is 136 Å². The molecule has 0 radical (unpaired) electrons. The molecule has 2 aromatic rings. The lowest BCUT2D eigenvalue weighted by Gasteiger charge is -2.21. The number of benzene rings is 2. The van der Waals surface area contributed by atoms with Crippen molar-refractivity contribution in [2.75, 3.05) is 13.2 Å². The lowest BCUT2D eigenvalue weighted by atomic mass is 10.0. The van der Waals surface area contributed by atoms with E-state index in [1.54, 1.807) is 0 Å². The minimum absolute atomic E-state index is 0.517. The van der Waals surface area contributed by atoms with Crippen molar-refractivity contribution in [2.24, 2.45) is 0 Å². The summed E-state index contributed by atoms with van der Waals surface area (Å²) in [6.45, 7) is 1.06. The molecule has 2 aromatic carbocycles. The van der Waals surface area contributed by atoms with Crippen LogP contribution in [0.15, 0.2) is 40.9 Å². The highest BCUT2D eigenvalue weighted by Gasteiger charge is 2.19. The van der Waals surface area contributed by atoms with Crippen LogP contribution < -0.4 is 9.47 Å². The maximum atomic E-state index is 10.4. The van der Waals surface area contributed by atoms with Gasteiger partial charge in [-0.3, -0.25) is 0 Å². The Balaban J connectivity index is 1.82. The zero-order chi connectivity index (χ0) is 14.8. The number of aliphatic hydroxyl groups is 1. The predicted octanol–water partition coefficient (Wildman–Crippen LogP) is 4.15. The van der Waals surface area contributed by atoms with Gasteiger partial charge in [-0.15, -0.1) is 0 Å². The van der Waals surface area contributed by atoms with Crippen LogP contribution in [0.4, 0.5) is 0 Å². The fourth-order valence-electron chi connectivity index (χ4n) is 2.28. The fraction of sp³-hybridized carbons (Fsp3) is 0.250. The first kappa shape index (κ1) is 14.7. The molecule has 110 valence electrons. The monoisotopic (exact) mass is 368 g/mol. The van der Waals surface area contributed by atoms with Crippen molar-refractivity contribution < 1.29 is 14.6 Å². The summed E-state index contributed by atoms with van der Waals surface area (Å²) >= 11 is 9.33. The first-order valence-corrected chi connectivity index (χ1v) is 7.82. The third-order valence-electron chi connectivity index (χ3n) is 3.35. The van der Waals surface area contributed by atoms with Gasteiger partial charge in [-0.25, -0.2) is 0 Å². The fourth-order valence-corrected chi connectivity index (χ4v) is 2.98. The predicted molar refractivity (Wildman–Crippen MR) is 85.2 cm³/mol. The number of halogens is 2. The molecule has 21 heavy (non-hydrogen) atoms. The second kappa shape index (κ2) is 6.26. The lowest BCUT2D eigenvalue weighted by molar-refractivity contribution is 0.163. The average Bonchev–Trinajstić information content (AvgIpc) is 2.49. The van der Waals surface area contributed by atoms with Crippen molar-refractivity contribution in [3.63, 3.8) is 0 Å². The summed E-state index contributed by atoms with van der Waals surface area (Å²) in [5.41, 5.74) is 1.82. The summed E-state index contributed by atoms with van der Waals surface area (Å²) in [6, 6.07) is 11.2. The maximum Gasteiger partial charge on any atom is 0.175 e. The number of hydrogen-bond donors (Lipinski definition) is 1. The third kappa shape index (κ3) is 3.34. The summed E-state index contributed by atoms with van der Waals surface area (Å²) in [5, 5.41) is 11.1. The second-order valence-corrected chi connectivity index (χ2v) is 6.16. The van der Waals surface area contributed by atoms with Gasteiger partial charge < -0.3 is 14.6 Å². The van der Waals surface area contributed by atoms with E-state index in [9.17, 15) is 5.11 Å². The number of rotatable bonds is 3. The van der Waals surface area contributed by atoms with Crippen molar-refractivity contribution >= 4 is 27.5 Å². The van der Waals surface area contributed by atoms with Crippen LogP contribution in [0.3, 0.4) is 0 Å². The number of hydrogen-bond acceptors (Lipinski definition) is 3. The molecule has 3 rings (SSSR count). The minimum atomic E-state index is -0.613. The van der Waals surface area contributed by atoms with Gasteiger partial charge in [-0.1, -0.05) is 23.7 Å². The highest BCUT2D eigenvalue weighted by molar-refractivity contribution is 9.10. The molecule has 0 saturated heterocycles. The molecule has 0 aliphatic carbocycles. The Morgan fingerprint density at radius 1 is 1.14 bits per heavy atom. The molecule has 1 aliphatic rings. The molecule has 1 aliphatic heterocycles. The van der Waals surface area contributed by atoms with Crippen molar-refractivity contribution in [2.45, 2.75) is 12.5 Å². The molecule has 3 nitrogen and oxygen atoms in total. The van der Waals surface area contributed by atoms with Crippen LogP contribution in [-0.4, -0.2) is 18.3 Å². The Morgan fingerprint density at radius 3 is 2.62 bits per heavy atom. The van der Waals surface area contributed by atoms with Crippen molar-refractivity contribution in [3.05, 3.63) is 57.0 Å². The summed E-state index contributed by atoms with van der Waals surface area (Å²) in [4.78, 5) is 0. The van der Waals surface area contributed by atoms with E-state index in [0.29, 0.717) is 36.2 Å². The van der Waals surface area contributed by atoms with E-state index in [1.807, 2.05) is 36.4 Å². The third-order valence-corrected chi connectivity index (χ3v) is 4.19. The van der Waals surface area contributed by atoms with E-state index >= 15 is 0 Å². The van der Waals surface area contributed by atoms with Crippen LogP contribution in [0, 0.1) is 0 Å². The van der Waals surface area contributed by atoms with Crippen molar-refractivity contribution in [1.29, 1.82) is 0 Å². The van der Waals surface area contributed by atoms with Crippen LogP contribution >= 0.6 is 27.5 Å². The van der Waals surface area contributed by atoms with Crippen LogP contribution in [0.2, 0.25) is 5.02 Å². The van der Waals surface area contributed by atoms with Gasteiger partial charge in [0.2, 0.25) is 0 Å². The summed E-state index contributed by atoms with van der Waals surface area (Å²) in [7, 11) is 0. The molecule has 0 fully saturated rings. The first-order valence-electron chi connectivity index (χ1n) is 6.65. The van der Waals surface area contributed by atoms with Gasteiger partial charge in [0.15, 0.2) is 11.5 Å². The molecule has 1 unspecified atom stereocenters. The summed E-state index contributed by atoms with van der Waals surface area (Å²) in [5.74, 6) is 1.37. The largest absolute Gasteiger partial charge is 0.486 e. The molecule has 1 heterocycles. The molecule has 0 bridgehead atoms. The van der Waals surface area contributed by atoms with Gasteiger partial charge in [-0.2, -0.15) is 0 Å². The SMILES string of the molecule is OC(Cc1ccc(Cl)cc1)c1cc(Br)c2c(c1)OCCO2. The molecule has 0 amide bonds. The second-order valence-electron chi connectivity index (χ2n) is 4.87. The molecule has 0 spiro atoms. The van der Waals surface area contributed by atoms with Gasteiger partial charge in [0.1, 0.15) is 13.2 Å². The van der Waals surface area contributed by atoms with E-state index in [1.165, 1.54) is 0 Å². The van der Waals surface area contributed by atoms with E-state index < -0.39 is 6.10 Å². The Morgan fingerprint density at radius 2 is 1.86 bits per heavy atom. The standard InChI is InChI=1S/C16H14BrClO3/c17-13-8-11(9-15-16(13)21-6-5-20-15)14(19)7-10-1-3-12(18)4-2-10/h1-4,8-9,14,19H,5-7H2. The van der Waals surface area contributed by atoms with Crippen LogP contribution in [0.1, 0.15) is 17.2 Å². The van der Waals surface area contributed by atoms with Gasteiger partial charge in [0, 0.05) is 11.4 Å². The molecule has 0 aromatic heterocycles. The van der Waals surface area contributed by atoms with E-state index in [4.69, 9.17) is 21.1 Å². The molecular weight excluding hydrogens is 356 g/mol. The van der Waals surface area contributed by atoms with Gasteiger partial charge in [-0.05, 0) is 51.3 Å². The van der Waals surface area contributed by atoms with Gasteiger partial charge in [0.25, 0.3) is 0 Å². The lowest BCUT2D eigenvalue weighted by Crippen LogP contribution is -2.16. The normalized spacial score (nSPS) is 14.8. The van der Waals surface area contributed by atoms with E-state index in [-0.39, 0.29) is 0 Å². The van der Waals surface area contributed by atoms with E-state index in [2.05, 4.69) is 15.9 Å². The molecule has 0 saturated carbocycles. The number of ether oxygens (including phenoxy) is 2. The highest BCUT2D eigenvalue weighted by atomic mass is 79.9. The zero-order valence-electron chi connectivity index (χ0n) is 11.2. The van der Waals surface area contributed by atoms with Gasteiger partial charge in [0.05, 0.1) is 10.6 Å². The van der Waals surface area contributed by atoms with Crippen LogP contribution in [0.25, 0.3) is 0 Å². The van der Waals surface area contributed by atoms with Gasteiger partial charge >= 0.3 is 0 Å². The Kier molecular flexibility index (Phi) is 4.38. The molecular formula is C16H14BrClO3. The van der Waals surface area contributed by atoms with E-state index in [0.717, 1.165) is 15.6 Å². The molecule has 1 atom stereocenters. The average molecular weight is 370 g/mol. The summed E-state index contributed by atoms with van der Waals surface area (Å²) in [6.07, 6.45) is -0.0956. The molecule has 1 N–H and O–H groups in total. The van der Waals surface area contributed by atoms with Crippen molar-refractivity contribution in [1.82, 2.24) is 0 Å². The topological polar surface area (TPSA) is 38.7 Å².